The van der Waals surface area contributed by atoms with E-state index in [4.69, 9.17) is 9.72 Å². The number of hydrogen-bond donors (Lipinski definition) is 0. The van der Waals surface area contributed by atoms with Crippen molar-refractivity contribution in [3.63, 3.8) is 0 Å². The Balaban J connectivity index is 2.06. The van der Waals surface area contributed by atoms with Gasteiger partial charge in [-0.05, 0) is 37.8 Å². The van der Waals surface area contributed by atoms with E-state index in [-0.39, 0.29) is 0 Å². The van der Waals surface area contributed by atoms with E-state index >= 15 is 0 Å². The molecule has 0 radical (unpaired) electrons. The molecule has 96 valence electrons. The predicted molar refractivity (Wildman–Crippen MR) is 77.0 cm³/mol. The molecule has 1 aromatic carbocycles. The van der Waals surface area contributed by atoms with Crippen LogP contribution in [0.4, 0.5) is 5.13 Å². The summed E-state index contributed by atoms with van der Waals surface area (Å²) in [5.74, 6) is 0.884. The van der Waals surface area contributed by atoms with E-state index in [1.54, 1.807) is 18.4 Å². The summed E-state index contributed by atoms with van der Waals surface area (Å²) in [6.45, 7) is 4.42. The van der Waals surface area contributed by atoms with Crippen LogP contribution in [0.3, 0.4) is 0 Å². The standard InChI is InChI=1S/C14H18N2OS/c1-10-6-7-11(17-2)12-13(10)18-14(15-12)16-8-4-3-5-9-16/h6-7H,3-5,8-9H2,1-2H3. The van der Waals surface area contributed by atoms with Crippen LogP contribution in [-0.4, -0.2) is 25.2 Å². The molecule has 2 aromatic rings. The molecule has 0 bridgehead atoms. The Morgan fingerprint density at radius 3 is 2.72 bits per heavy atom. The number of methoxy groups -OCH3 is 1. The van der Waals surface area contributed by atoms with Crippen molar-refractivity contribution in [1.29, 1.82) is 0 Å². The van der Waals surface area contributed by atoms with E-state index in [1.807, 2.05) is 6.07 Å². The molecule has 0 unspecified atom stereocenters. The Labute approximate surface area is 111 Å². The molecule has 1 saturated heterocycles. The van der Waals surface area contributed by atoms with Crippen LogP contribution < -0.4 is 9.64 Å². The molecular weight excluding hydrogens is 244 g/mol. The molecule has 0 N–H and O–H groups in total. The number of rotatable bonds is 2. The van der Waals surface area contributed by atoms with Gasteiger partial charge in [0.2, 0.25) is 0 Å². The van der Waals surface area contributed by atoms with Crippen LogP contribution in [0.5, 0.6) is 5.75 Å². The number of hydrogen-bond acceptors (Lipinski definition) is 4. The Morgan fingerprint density at radius 2 is 2.00 bits per heavy atom. The van der Waals surface area contributed by atoms with Crippen molar-refractivity contribution in [2.75, 3.05) is 25.1 Å². The maximum atomic E-state index is 5.41. The Hall–Kier alpha value is -1.29. The van der Waals surface area contributed by atoms with Crippen molar-refractivity contribution < 1.29 is 4.74 Å². The second-order valence-electron chi connectivity index (χ2n) is 4.81. The second-order valence-corrected chi connectivity index (χ2v) is 5.78. The molecule has 0 spiro atoms. The fraction of sp³-hybridized carbons (Fsp3) is 0.500. The lowest BCUT2D eigenvalue weighted by molar-refractivity contribution is 0.419. The van der Waals surface area contributed by atoms with Gasteiger partial charge < -0.3 is 9.64 Å². The summed E-state index contributed by atoms with van der Waals surface area (Å²) in [4.78, 5) is 7.20. The minimum atomic E-state index is 0.884. The average Bonchev–Trinajstić information content (AvgIpc) is 2.86. The summed E-state index contributed by atoms with van der Waals surface area (Å²) >= 11 is 1.79. The van der Waals surface area contributed by atoms with Crippen LogP contribution in [-0.2, 0) is 0 Å². The fourth-order valence-corrected chi connectivity index (χ4v) is 3.59. The van der Waals surface area contributed by atoms with Crippen LogP contribution in [0.25, 0.3) is 10.2 Å². The van der Waals surface area contributed by atoms with Crippen LogP contribution in [0.2, 0.25) is 0 Å². The summed E-state index contributed by atoms with van der Waals surface area (Å²) in [6, 6.07) is 4.12. The normalized spacial score (nSPS) is 16.2. The largest absolute Gasteiger partial charge is 0.494 e. The summed E-state index contributed by atoms with van der Waals surface area (Å²) in [7, 11) is 1.71. The predicted octanol–water partition coefficient (Wildman–Crippen LogP) is 3.60. The molecule has 0 aliphatic carbocycles. The van der Waals surface area contributed by atoms with Crippen LogP contribution in [0, 0.1) is 6.92 Å². The van der Waals surface area contributed by atoms with E-state index in [9.17, 15) is 0 Å². The lowest BCUT2D eigenvalue weighted by atomic mass is 10.1. The highest BCUT2D eigenvalue weighted by Gasteiger charge is 2.17. The molecule has 1 aromatic heterocycles. The molecule has 4 heteroatoms. The van der Waals surface area contributed by atoms with Gasteiger partial charge >= 0.3 is 0 Å². The first kappa shape index (κ1) is 11.8. The van der Waals surface area contributed by atoms with Gasteiger partial charge in [-0.3, -0.25) is 0 Å². The Kier molecular flexibility index (Phi) is 3.12. The van der Waals surface area contributed by atoms with Gasteiger partial charge in [0, 0.05) is 13.1 Å². The quantitative estimate of drug-likeness (QED) is 0.827. The van der Waals surface area contributed by atoms with Crippen molar-refractivity contribution in [2.45, 2.75) is 26.2 Å². The van der Waals surface area contributed by atoms with Crippen molar-refractivity contribution in [3.05, 3.63) is 17.7 Å². The third-order valence-electron chi connectivity index (χ3n) is 3.54. The van der Waals surface area contributed by atoms with Gasteiger partial charge in [-0.25, -0.2) is 4.98 Å². The van der Waals surface area contributed by atoms with Gasteiger partial charge in [0.25, 0.3) is 0 Å². The number of nitrogens with zero attached hydrogens (tertiary/aromatic N) is 2. The molecule has 1 fully saturated rings. The van der Waals surface area contributed by atoms with E-state index in [1.165, 1.54) is 29.5 Å². The zero-order valence-electron chi connectivity index (χ0n) is 10.9. The Morgan fingerprint density at radius 1 is 1.22 bits per heavy atom. The zero-order chi connectivity index (χ0) is 12.5. The van der Waals surface area contributed by atoms with E-state index < -0.39 is 0 Å². The first-order chi connectivity index (χ1) is 8.79. The van der Waals surface area contributed by atoms with Crippen molar-refractivity contribution >= 4 is 26.7 Å². The van der Waals surface area contributed by atoms with Crippen molar-refractivity contribution in [3.8, 4) is 5.75 Å². The van der Waals surface area contributed by atoms with Gasteiger partial charge in [-0.2, -0.15) is 0 Å². The van der Waals surface area contributed by atoms with E-state index in [0.29, 0.717) is 0 Å². The van der Waals surface area contributed by atoms with Gasteiger partial charge in [0.1, 0.15) is 11.3 Å². The molecule has 0 amide bonds. The third-order valence-corrected chi connectivity index (χ3v) is 4.79. The van der Waals surface area contributed by atoms with Gasteiger partial charge in [-0.15, -0.1) is 0 Å². The van der Waals surface area contributed by atoms with E-state index in [2.05, 4.69) is 17.9 Å². The van der Waals surface area contributed by atoms with Gasteiger partial charge in [0.05, 0.1) is 11.8 Å². The number of ether oxygens (including phenoxy) is 1. The first-order valence-corrected chi connectivity index (χ1v) is 7.30. The summed E-state index contributed by atoms with van der Waals surface area (Å²) in [5.41, 5.74) is 2.30. The smallest absolute Gasteiger partial charge is 0.186 e. The zero-order valence-corrected chi connectivity index (χ0v) is 11.7. The van der Waals surface area contributed by atoms with Gasteiger partial charge in [0.15, 0.2) is 5.13 Å². The molecule has 3 rings (SSSR count). The van der Waals surface area contributed by atoms with Crippen LogP contribution in [0.15, 0.2) is 12.1 Å². The molecule has 3 nitrogen and oxygen atoms in total. The molecule has 0 saturated carbocycles. The number of benzene rings is 1. The van der Waals surface area contributed by atoms with Gasteiger partial charge in [-0.1, -0.05) is 17.4 Å². The highest BCUT2D eigenvalue weighted by Crippen LogP contribution is 2.36. The third kappa shape index (κ3) is 1.94. The minimum absolute atomic E-state index is 0.884. The number of aromatic nitrogens is 1. The molecule has 18 heavy (non-hydrogen) atoms. The average molecular weight is 262 g/mol. The minimum Gasteiger partial charge on any atom is -0.494 e. The molecule has 0 atom stereocenters. The van der Waals surface area contributed by atoms with Crippen LogP contribution in [0.1, 0.15) is 24.8 Å². The first-order valence-electron chi connectivity index (χ1n) is 6.48. The number of piperidine rings is 1. The van der Waals surface area contributed by atoms with Crippen LogP contribution >= 0.6 is 11.3 Å². The van der Waals surface area contributed by atoms with E-state index in [0.717, 1.165) is 29.5 Å². The number of fused-ring (bicyclic) bond motifs is 1. The summed E-state index contributed by atoms with van der Waals surface area (Å²) < 4.78 is 6.67. The number of thiazole rings is 1. The molecule has 1 aliphatic rings. The monoisotopic (exact) mass is 262 g/mol. The van der Waals surface area contributed by atoms with Crippen molar-refractivity contribution in [2.24, 2.45) is 0 Å². The lowest BCUT2D eigenvalue weighted by Gasteiger charge is -2.25. The summed E-state index contributed by atoms with van der Waals surface area (Å²) in [6.07, 6.45) is 3.92. The summed E-state index contributed by atoms with van der Waals surface area (Å²) in [5, 5.41) is 1.15. The highest BCUT2D eigenvalue weighted by molar-refractivity contribution is 7.22. The molecule has 2 heterocycles. The number of anilines is 1. The number of aryl methyl sites for hydroxylation is 1. The topological polar surface area (TPSA) is 25.4 Å². The lowest BCUT2D eigenvalue weighted by Crippen LogP contribution is -2.29. The maximum Gasteiger partial charge on any atom is 0.186 e. The molecular formula is C14H18N2OS. The SMILES string of the molecule is COc1ccc(C)c2sc(N3CCCCC3)nc12. The Bertz CT molecular complexity index is 558. The molecule has 1 aliphatic heterocycles. The highest BCUT2D eigenvalue weighted by atomic mass is 32.1. The van der Waals surface area contributed by atoms with Crippen molar-refractivity contribution in [1.82, 2.24) is 4.98 Å². The maximum absolute atomic E-state index is 5.41. The fourth-order valence-electron chi connectivity index (χ4n) is 2.48. The second kappa shape index (κ2) is 4.76.